The Morgan fingerprint density at radius 1 is 1.16 bits per heavy atom. The average Bonchev–Trinajstić information content (AvgIpc) is 3.32. The lowest BCUT2D eigenvalue weighted by atomic mass is 9.45. The molecule has 0 spiro atoms. The molecule has 0 amide bonds. The molecule has 4 fully saturated rings. The van der Waals surface area contributed by atoms with Crippen LogP contribution in [-0.4, -0.2) is 21.6 Å². The van der Waals surface area contributed by atoms with Crippen LogP contribution in [0.3, 0.4) is 0 Å². The van der Waals surface area contributed by atoms with E-state index in [1.54, 1.807) is 0 Å². The zero-order valence-electron chi connectivity index (χ0n) is 15.6. The number of rotatable bonds is 0. The molecule has 0 heterocycles. The van der Waals surface area contributed by atoms with Crippen molar-refractivity contribution in [1.82, 2.24) is 0 Å². The second-order valence-corrected chi connectivity index (χ2v) is 10.2. The summed E-state index contributed by atoms with van der Waals surface area (Å²) in [7, 11) is 0. The first-order valence-corrected chi connectivity index (χ1v) is 10.0. The number of hydrogen-bond donors (Lipinski definition) is 2. The van der Waals surface area contributed by atoms with Gasteiger partial charge in [0.05, 0.1) is 11.9 Å². The minimum absolute atomic E-state index is 0.000120. The molecule has 0 radical (unpaired) electrons. The SMILES string of the molecule is C[C@]12C/C(=C/O)C(=O)C=C1CC[C@H]1[C@@H]3[C@H]4C[C@H]4[C@](C)(O)[C@@]3(C)CC[C@@H]12. The summed E-state index contributed by atoms with van der Waals surface area (Å²) < 4.78 is 0. The van der Waals surface area contributed by atoms with Crippen LogP contribution < -0.4 is 0 Å². The van der Waals surface area contributed by atoms with Crippen LogP contribution in [0.5, 0.6) is 0 Å². The lowest BCUT2D eigenvalue weighted by Gasteiger charge is -2.60. The van der Waals surface area contributed by atoms with Crippen LogP contribution in [0.25, 0.3) is 0 Å². The number of fused-ring (bicyclic) bond motifs is 7. The predicted molar refractivity (Wildman–Crippen MR) is 95.8 cm³/mol. The van der Waals surface area contributed by atoms with Crippen LogP contribution in [0.1, 0.15) is 59.3 Å². The van der Waals surface area contributed by atoms with Gasteiger partial charge in [0.15, 0.2) is 5.78 Å². The van der Waals surface area contributed by atoms with Gasteiger partial charge in [-0.25, -0.2) is 0 Å². The highest BCUT2D eigenvalue weighted by molar-refractivity contribution is 6.05. The standard InChI is InChI=1S/C22H30O3/c1-20-10-12(11-23)18(24)8-13(20)4-5-14-16(20)6-7-21(2)19(14)15-9-17(15)22(21,3)25/h8,11,14-17,19,23,25H,4-7,9-10H2,1-3H3/b12-11-/t14-,15+,16+,17-,19-,20+,21+,22+/m1/s1. The minimum atomic E-state index is -0.511. The van der Waals surface area contributed by atoms with E-state index in [0.717, 1.165) is 31.9 Å². The van der Waals surface area contributed by atoms with E-state index in [4.69, 9.17) is 0 Å². The highest BCUT2D eigenvalue weighted by atomic mass is 16.3. The number of aliphatic hydroxyl groups is 2. The molecule has 0 aliphatic heterocycles. The highest BCUT2D eigenvalue weighted by Crippen LogP contribution is 2.76. The molecule has 3 nitrogen and oxygen atoms in total. The van der Waals surface area contributed by atoms with E-state index in [1.807, 2.05) is 6.08 Å². The Morgan fingerprint density at radius 3 is 2.64 bits per heavy atom. The zero-order valence-corrected chi connectivity index (χ0v) is 15.6. The summed E-state index contributed by atoms with van der Waals surface area (Å²) in [6.07, 6.45) is 9.14. The normalized spacial score (nSPS) is 58.1. The fourth-order valence-electron chi connectivity index (χ4n) is 7.96. The van der Waals surface area contributed by atoms with Gasteiger partial charge < -0.3 is 10.2 Å². The molecule has 136 valence electrons. The Morgan fingerprint density at radius 2 is 1.92 bits per heavy atom. The summed E-state index contributed by atoms with van der Waals surface area (Å²) in [5.41, 5.74) is 1.43. The molecule has 8 atom stereocenters. The maximum atomic E-state index is 12.2. The third kappa shape index (κ3) is 1.74. The van der Waals surface area contributed by atoms with Gasteiger partial charge in [0.1, 0.15) is 0 Å². The average molecular weight is 342 g/mol. The second-order valence-electron chi connectivity index (χ2n) is 10.2. The lowest BCUT2D eigenvalue weighted by molar-refractivity contribution is -0.137. The first-order chi connectivity index (χ1) is 11.7. The van der Waals surface area contributed by atoms with E-state index in [0.29, 0.717) is 41.6 Å². The van der Waals surface area contributed by atoms with Crippen molar-refractivity contribution in [2.24, 2.45) is 40.4 Å². The number of allylic oxidation sites excluding steroid dienone is 2. The summed E-state index contributed by atoms with van der Waals surface area (Å²) in [4.78, 5) is 12.2. The van der Waals surface area contributed by atoms with Crippen LogP contribution in [0.2, 0.25) is 0 Å². The summed E-state index contributed by atoms with van der Waals surface area (Å²) in [5, 5.41) is 20.8. The van der Waals surface area contributed by atoms with Gasteiger partial charge in [-0.05, 0) is 91.9 Å². The van der Waals surface area contributed by atoms with Crippen LogP contribution in [0.4, 0.5) is 0 Å². The van der Waals surface area contributed by atoms with Gasteiger partial charge in [-0.1, -0.05) is 19.4 Å². The Balaban J connectivity index is 1.55. The third-order valence-corrected chi connectivity index (χ3v) is 9.50. The quantitative estimate of drug-likeness (QED) is 0.513. The minimum Gasteiger partial charge on any atom is -0.515 e. The molecule has 3 heteroatoms. The molecule has 2 N–H and O–H groups in total. The van der Waals surface area contributed by atoms with Crippen molar-refractivity contribution in [3.05, 3.63) is 23.5 Å². The Hall–Kier alpha value is -1.09. The van der Waals surface area contributed by atoms with Gasteiger partial charge in [0, 0.05) is 5.57 Å². The number of hydrogen-bond acceptors (Lipinski definition) is 3. The monoisotopic (exact) mass is 342 g/mol. The molecule has 0 aromatic heterocycles. The van der Waals surface area contributed by atoms with Gasteiger partial charge in [-0.2, -0.15) is 0 Å². The van der Waals surface area contributed by atoms with Crippen LogP contribution >= 0.6 is 0 Å². The zero-order chi connectivity index (χ0) is 17.8. The topological polar surface area (TPSA) is 57.5 Å². The molecule has 0 unspecified atom stereocenters. The van der Waals surface area contributed by atoms with Crippen molar-refractivity contribution in [1.29, 1.82) is 0 Å². The summed E-state index contributed by atoms with van der Waals surface area (Å²) in [5.74, 6) is 3.07. The number of aliphatic hydroxyl groups excluding tert-OH is 1. The molecule has 25 heavy (non-hydrogen) atoms. The number of carbonyl (C=O) groups excluding carboxylic acids is 1. The first kappa shape index (κ1) is 16.1. The molecule has 5 aliphatic carbocycles. The molecule has 0 saturated heterocycles. The van der Waals surface area contributed by atoms with E-state index in [1.165, 1.54) is 12.0 Å². The van der Waals surface area contributed by atoms with Crippen LogP contribution in [0, 0.1) is 40.4 Å². The molecule has 0 aromatic carbocycles. The summed E-state index contributed by atoms with van der Waals surface area (Å²) in [6, 6.07) is 0. The van der Waals surface area contributed by atoms with Crippen molar-refractivity contribution in [2.45, 2.75) is 64.9 Å². The highest BCUT2D eigenvalue weighted by Gasteiger charge is 2.74. The van der Waals surface area contributed by atoms with Gasteiger partial charge in [-0.15, -0.1) is 0 Å². The summed E-state index contributed by atoms with van der Waals surface area (Å²) >= 11 is 0. The largest absolute Gasteiger partial charge is 0.515 e. The molecule has 5 aliphatic rings. The van der Waals surface area contributed by atoms with Crippen LogP contribution in [0.15, 0.2) is 23.5 Å². The van der Waals surface area contributed by atoms with E-state index >= 15 is 0 Å². The van der Waals surface area contributed by atoms with Crippen molar-refractivity contribution < 1.29 is 15.0 Å². The molecular formula is C22H30O3. The van der Waals surface area contributed by atoms with E-state index in [2.05, 4.69) is 20.8 Å². The fraction of sp³-hybridized carbons (Fsp3) is 0.773. The lowest BCUT2D eigenvalue weighted by Crippen LogP contribution is -2.56. The Bertz CT molecular complexity index is 717. The number of carbonyl (C=O) groups is 1. The molecular weight excluding hydrogens is 312 g/mol. The van der Waals surface area contributed by atoms with Crippen molar-refractivity contribution >= 4 is 5.78 Å². The molecule has 0 aromatic rings. The van der Waals surface area contributed by atoms with E-state index in [9.17, 15) is 15.0 Å². The fourth-order valence-corrected chi connectivity index (χ4v) is 7.96. The van der Waals surface area contributed by atoms with Crippen molar-refractivity contribution in [2.75, 3.05) is 0 Å². The van der Waals surface area contributed by atoms with Gasteiger partial charge in [0.25, 0.3) is 0 Å². The second kappa shape index (κ2) is 4.60. The summed E-state index contributed by atoms with van der Waals surface area (Å²) in [6.45, 7) is 6.77. The third-order valence-electron chi connectivity index (χ3n) is 9.50. The molecule has 0 bridgehead atoms. The molecule has 5 rings (SSSR count). The molecule has 4 saturated carbocycles. The number of ketones is 1. The van der Waals surface area contributed by atoms with Crippen molar-refractivity contribution in [3.63, 3.8) is 0 Å². The first-order valence-electron chi connectivity index (χ1n) is 10.0. The van der Waals surface area contributed by atoms with Gasteiger partial charge in [0.2, 0.25) is 0 Å². The Labute approximate surface area is 150 Å². The Kier molecular flexibility index (Phi) is 2.96. The van der Waals surface area contributed by atoms with Crippen LogP contribution in [-0.2, 0) is 4.79 Å². The smallest absolute Gasteiger partial charge is 0.184 e. The van der Waals surface area contributed by atoms with E-state index < -0.39 is 5.60 Å². The van der Waals surface area contributed by atoms with E-state index in [-0.39, 0.29) is 16.6 Å². The maximum Gasteiger partial charge on any atom is 0.184 e. The predicted octanol–water partition coefficient (Wildman–Crippen LogP) is 4.18. The maximum absolute atomic E-state index is 12.2. The van der Waals surface area contributed by atoms with Gasteiger partial charge >= 0.3 is 0 Å². The van der Waals surface area contributed by atoms with Crippen molar-refractivity contribution in [3.8, 4) is 0 Å². The van der Waals surface area contributed by atoms with Gasteiger partial charge in [-0.3, -0.25) is 4.79 Å².